The fraction of sp³-hybridized carbons (Fsp3) is 0.0870. The van der Waals surface area contributed by atoms with E-state index in [0.717, 1.165) is 23.2 Å². The van der Waals surface area contributed by atoms with Crippen LogP contribution < -0.4 is 10.2 Å². The monoisotopic (exact) mass is 420 g/mol. The molecule has 0 unspecified atom stereocenters. The van der Waals surface area contributed by atoms with Gasteiger partial charge in [0.1, 0.15) is 17.2 Å². The zero-order chi connectivity index (χ0) is 21.8. The van der Waals surface area contributed by atoms with E-state index in [1.807, 2.05) is 36.7 Å². The first-order valence-corrected chi connectivity index (χ1v) is 9.43. The minimum atomic E-state index is -0.710. The van der Waals surface area contributed by atoms with Gasteiger partial charge >= 0.3 is 0 Å². The molecule has 2 aromatic carbocycles. The van der Waals surface area contributed by atoms with Gasteiger partial charge in [0.05, 0.1) is 6.54 Å². The van der Waals surface area contributed by atoms with Crippen molar-refractivity contribution in [2.75, 3.05) is 0 Å². The molecule has 0 bridgehead atoms. The van der Waals surface area contributed by atoms with Gasteiger partial charge in [-0.3, -0.25) is 15.7 Å². The van der Waals surface area contributed by atoms with Crippen LogP contribution in [0.5, 0.6) is 11.6 Å². The SMILES string of the molecule is Cc1ccc2cccc(Oc3cc(C(=NCc4c(F)cccc4F)NO)ccn3)c2n1. The summed E-state index contributed by atoms with van der Waals surface area (Å²) in [5.41, 5.74) is 3.74. The maximum absolute atomic E-state index is 13.8. The number of fused-ring (bicyclic) bond motifs is 1. The number of aryl methyl sites for hydroxylation is 1. The lowest BCUT2D eigenvalue weighted by atomic mass is 10.2. The number of halogens is 2. The van der Waals surface area contributed by atoms with Gasteiger partial charge in [-0.25, -0.2) is 18.7 Å². The smallest absolute Gasteiger partial charge is 0.220 e. The third kappa shape index (κ3) is 4.49. The van der Waals surface area contributed by atoms with Crippen molar-refractivity contribution in [2.24, 2.45) is 4.99 Å². The number of nitrogens with zero attached hydrogens (tertiary/aromatic N) is 3. The molecule has 0 aliphatic carbocycles. The van der Waals surface area contributed by atoms with Gasteiger partial charge in [0, 0.05) is 34.5 Å². The summed E-state index contributed by atoms with van der Waals surface area (Å²) in [5.74, 6) is -0.637. The highest BCUT2D eigenvalue weighted by Gasteiger charge is 2.11. The Bertz CT molecular complexity index is 1260. The molecule has 6 nitrogen and oxygen atoms in total. The normalized spacial score (nSPS) is 11.5. The van der Waals surface area contributed by atoms with Gasteiger partial charge in [-0.05, 0) is 37.3 Å². The molecule has 0 saturated carbocycles. The van der Waals surface area contributed by atoms with Crippen molar-refractivity contribution in [3.63, 3.8) is 0 Å². The molecule has 0 fully saturated rings. The van der Waals surface area contributed by atoms with Crippen LogP contribution in [0.2, 0.25) is 0 Å². The number of hydrogen-bond acceptors (Lipinski definition) is 5. The topological polar surface area (TPSA) is 79.6 Å². The summed E-state index contributed by atoms with van der Waals surface area (Å²) < 4.78 is 33.6. The van der Waals surface area contributed by atoms with Crippen LogP contribution in [0.15, 0.2) is 71.9 Å². The van der Waals surface area contributed by atoms with Crippen molar-refractivity contribution in [1.82, 2.24) is 15.4 Å². The molecule has 2 aromatic heterocycles. The molecule has 0 saturated heterocycles. The van der Waals surface area contributed by atoms with E-state index in [1.165, 1.54) is 12.3 Å². The second-order valence-electron chi connectivity index (χ2n) is 6.74. The van der Waals surface area contributed by atoms with E-state index in [-0.39, 0.29) is 23.8 Å². The van der Waals surface area contributed by atoms with Crippen molar-refractivity contribution in [3.8, 4) is 11.6 Å². The predicted molar refractivity (Wildman–Crippen MR) is 112 cm³/mol. The summed E-state index contributed by atoms with van der Waals surface area (Å²) in [6, 6.07) is 16.1. The molecule has 0 spiro atoms. The average Bonchev–Trinajstić information content (AvgIpc) is 2.77. The van der Waals surface area contributed by atoms with Crippen molar-refractivity contribution < 1.29 is 18.7 Å². The first-order chi connectivity index (χ1) is 15.0. The van der Waals surface area contributed by atoms with Gasteiger partial charge in [0.25, 0.3) is 0 Å². The van der Waals surface area contributed by atoms with Crippen LogP contribution in [0, 0.1) is 18.6 Å². The van der Waals surface area contributed by atoms with Gasteiger partial charge in [-0.15, -0.1) is 0 Å². The lowest BCUT2D eigenvalue weighted by molar-refractivity contribution is 0.234. The molecule has 0 aliphatic rings. The second kappa shape index (κ2) is 8.85. The minimum absolute atomic E-state index is 0.0155. The number of nitrogens with one attached hydrogen (secondary N) is 1. The molecule has 0 radical (unpaired) electrons. The van der Waals surface area contributed by atoms with Gasteiger partial charge in [-0.1, -0.05) is 24.3 Å². The van der Waals surface area contributed by atoms with Crippen LogP contribution in [0.1, 0.15) is 16.8 Å². The summed E-state index contributed by atoms with van der Waals surface area (Å²) in [6.07, 6.45) is 1.48. The molecule has 0 aliphatic heterocycles. The number of rotatable bonds is 5. The van der Waals surface area contributed by atoms with E-state index in [2.05, 4.69) is 15.0 Å². The first-order valence-electron chi connectivity index (χ1n) is 9.43. The maximum atomic E-state index is 13.8. The van der Waals surface area contributed by atoms with E-state index >= 15 is 0 Å². The molecule has 4 aromatic rings. The molecule has 4 rings (SSSR count). The molecule has 156 valence electrons. The zero-order valence-corrected chi connectivity index (χ0v) is 16.5. The summed E-state index contributed by atoms with van der Waals surface area (Å²) in [5, 5.41) is 10.4. The number of para-hydroxylation sites is 1. The van der Waals surface area contributed by atoms with Crippen molar-refractivity contribution in [2.45, 2.75) is 13.5 Å². The zero-order valence-electron chi connectivity index (χ0n) is 16.5. The molecule has 8 heteroatoms. The Labute approximate surface area is 176 Å². The Morgan fingerprint density at radius 2 is 1.84 bits per heavy atom. The van der Waals surface area contributed by atoms with E-state index in [0.29, 0.717) is 16.8 Å². The highest BCUT2D eigenvalue weighted by molar-refractivity contribution is 5.98. The highest BCUT2D eigenvalue weighted by atomic mass is 19.1. The number of hydrogen-bond donors (Lipinski definition) is 2. The lowest BCUT2D eigenvalue weighted by Gasteiger charge is -2.10. The Balaban J connectivity index is 1.62. The summed E-state index contributed by atoms with van der Waals surface area (Å²) >= 11 is 0. The fourth-order valence-electron chi connectivity index (χ4n) is 3.06. The van der Waals surface area contributed by atoms with Crippen LogP contribution in [0.3, 0.4) is 0 Å². The van der Waals surface area contributed by atoms with Gasteiger partial charge in [-0.2, -0.15) is 0 Å². The van der Waals surface area contributed by atoms with E-state index in [4.69, 9.17) is 4.74 Å². The number of benzene rings is 2. The number of aromatic nitrogens is 2. The first kappa shape index (κ1) is 20.4. The van der Waals surface area contributed by atoms with Gasteiger partial charge in [0.2, 0.25) is 5.88 Å². The Hall–Kier alpha value is -3.91. The molecule has 2 heterocycles. The quantitative estimate of drug-likeness (QED) is 0.272. The number of ether oxygens (including phenoxy) is 1. The van der Waals surface area contributed by atoms with E-state index in [9.17, 15) is 14.0 Å². The van der Waals surface area contributed by atoms with Crippen molar-refractivity contribution >= 4 is 16.7 Å². The molecule has 0 atom stereocenters. The van der Waals surface area contributed by atoms with Gasteiger partial charge < -0.3 is 4.74 Å². The number of amidine groups is 1. The molecular formula is C23H18F2N4O2. The molecular weight excluding hydrogens is 402 g/mol. The van der Waals surface area contributed by atoms with Crippen LogP contribution in [0.25, 0.3) is 10.9 Å². The van der Waals surface area contributed by atoms with Crippen LogP contribution >= 0.6 is 0 Å². The second-order valence-corrected chi connectivity index (χ2v) is 6.74. The van der Waals surface area contributed by atoms with Crippen molar-refractivity contribution in [1.29, 1.82) is 0 Å². The molecule has 0 amide bonds. The predicted octanol–water partition coefficient (Wildman–Crippen LogP) is 4.93. The van der Waals surface area contributed by atoms with Crippen LogP contribution in [-0.4, -0.2) is 21.0 Å². The largest absolute Gasteiger partial charge is 0.437 e. The van der Waals surface area contributed by atoms with E-state index in [1.54, 1.807) is 18.2 Å². The van der Waals surface area contributed by atoms with E-state index < -0.39 is 11.6 Å². The van der Waals surface area contributed by atoms with Crippen LogP contribution in [0.4, 0.5) is 8.78 Å². The third-order valence-electron chi connectivity index (χ3n) is 4.61. The number of pyridine rings is 2. The Kier molecular flexibility index (Phi) is 5.81. The van der Waals surface area contributed by atoms with Crippen molar-refractivity contribution in [3.05, 3.63) is 95.3 Å². The standard InChI is InChI=1S/C23H18F2N4O2/c1-14-8-9-15-4-2-7-20(22(15)28-14)31-21-12-16(10-11-26-21)23(29-30)27-13-17-18(24)5-3-6-19(17)25/h2-12,30H,13H2,1H3,(H,27,29). The Morgan fingerprint density at radius 3 is 2.61 bits per heavy atom. The lowest BCUT2D eigenvalue weighted by Crippen LogP contribution is -2.21. The third-order valence-corrected chi connectivity index (χ3v) is 4.61. The van der Waals surface area contributed by atoms with Crippen LogP contribution in [-0.2, 0) is 6.54 Å². The summed E-state index contributed by atoms with van der Waals surface area (Å²) in [6.45, 7) is 1.59. The maximum Gasteiger partial charge on any atom is 0.220 e. The van der Waals surface area contributed by atoms with Gasteiger partial charge in [0.15, 0.2) is 11.6 Å². The number of aliphatic imine (C=N–C) groups is 1. The highest BCUT2D eigenvalue weighted by Crippen LogP contribution is 2.28. The minimum Gasteiger partial charge on any atom is -0.437 e. The number of hydroxylamine groups is 1. The average molecular weight is 420 g/mol. The summed E-state index contributed by atoms with van der Waals surface area (Å²) in [7, 11) is 0. The Morgan fingerprint density at radius 1 is 1.06 bits per heavy atom. The summed E-state index contributed by atoms with van der Waals surface area (Å²) in [4.78, 5) is 12.8. The molecule has 31 heavy (non-hydrogen) atoms. The molecule has 2 N–H and O–H groups in total. The fourth-order valence-corrected chi connectivity index (χ4v) is 3.06.